The van der Waals surface area contributed by atoms with Crippen molar-refractivity contribution in [1.82, 2.24) is 9.88 Å². The molecule has 2 heterocycles. The van der Waals surface area contributed by atoms with Crippen LogP contribution in [0.4, 0.5) is 0 Å². The van der Waals surface area contributed by atoms with Gasteiger partial charge in [0.2, 0.25) is 5.91 Å². The van der Waals surface area contributed by atoms with Gasteiger partial charge in [0.05, 0.1) is 6.61 Å². The van der Waals surface area contributed by atoms with Gasteiger partial charge in [-0.1, -0.05) is 18.2 Å². The zero-order valence-electron chi connectivity index (χ0n) is 14.4. The number of aliphatic hydroxyl groups is 4. The van der Waals surface area contributed by atoms with Crippen LogP contribution in [0.3, 0.4) is 0 Å². The van der Waals surface area contributed by atoms with Crippen LogP contribution < -0.4 is 0 Å². The first-order chi connectivity index (χ1) is 12.4. The molecular formula is C18H24N2O6. The van der Waals surface area contributed by atoms with E-state index in [1.165, 1.54) is 11.8 Å². The fourth-order valence-electron chi connectivity index (χ4n) is 3.38. The Kier molecular flexibility index (Phi) is 5.59. The van der Waals surface area contributed by atoms with Gasteiger partial charge in [0.15, 0.2) is 6.23 Å². The predicted molar refractivity (Wildman–Crippen MR) is 93.2 cm³/mol. The van der Waals surface area contributed by atoms with E-state index in [2.05, 4.69) is 4.98 Å². The van der Waals surface area contributed by atoms with Crippen molar-refractivity contribution in [2.75, 3.05) is 13.2 Å². The third-order valence-electron chi connectivity index (χ3n) is 4.88. The first-order valence-corrected chi connectivity index (χ1v) is 8.56. The quantitative estimate of drug-likeness (QED) is 0.480. The summed E-state index contributed by atoms with van der Waals surface area (Å²) in [4.78, 5) is 16.6. The molecule has 5 N–H and O–H groups in total. The Labute approximate surface area is 150 Å². The molecule has 1 amide bonds. The van der Waals surface area contributed by atoms with E-state index < -0.39 is 37.3 Å². The Bertz CT molecular complexity index is 761. The minimum absolute atomic E-state index is 0.250. The van der Waals surface area contributed by atoms with Gasteiger partial charge in [-0.3, -0.25) is 4.79 Å². The number of H-pyrrole nitrogens is 1. The summed E-state index contributed by atoms with van der Waals surface area (Å²) >= 11 is 0. The van der Waals surface area contributed by atoms with Crippen LogP contribution in [0, 0.1) is 0 Å². The van der Waals surface area contributed by atoms with Crippen molar-refractivity contribution < 1.29 is 30.0 Å². The lowest BCUT2D eigenvalue weighted by atomic mass is 9.97. The summed E-state index contributed by atoms with van der Waals surface area (Å²) in [6.45, 7) is 1.06. The number of aromatic nitrogens is 1. The highest BCUT2D eigenvalue weighted by atomic mass is 16.6. The first kappa shape index (κ1) is 18.8. The molecule has 0 radical (unpaired) electrons. The van der Waals surface area contributed by atoms with Crippen molar-refractivity contribution in [2.24, 2.45) is 0 Å². The molecule has 8 nitrogen and oxygen atoms in total. The maximum atomic E-state index is 12.1. The van der Waals surface area contributed by atoms with Crippen LogP contribution >= 0.6 is 0 Å². The second kappa shape index (κ2) is 7.73. The van der Waals surface area contributed by atoms with Crippen LogP contribution in [0.25, 0.3) is 10.9 Å². The number of benzene rings is 1. The molecule has 1 aliphatic rings. The van der Waals surface area contributed by atoms with Gasteiger partial charge in [-0.2, -0.15) is 0 Å². The molecule has 3 rings (SSSR count). The summed E-state index contributed by atoms with van der Waals surface area (Å²) in [6, 6.07) is 7.80. The topological polar surface area (TPSA) is 126 Å². The number of aliphatic hydroxyl groups excluding tert-OH is 4. The summed E-state index contributed by atoms with van der Waals surface area (Å²) < 4.78 is 5.50. The second-order valence-electron chi connectivity index (χ2n) is 6.54. The first-order valence-electron chi connectivity index (χ1n) is 8.56. The number of nitrogens with one attached hydrogen (secondary N) is 1. The minimum Gasteiger partial charge on any atom is -0.394 e. The van der Waals surface area contributed by atoms with Gasteiger partial charge in [-0.25, -0.2) is 0 Å². The molecule has 0 saturated carbocycles. The van der Waals surface area contributed by atoms with Crippen LogP contribution in [0.2, 0.25) is 0 Å². The molecule has 1 saturated heterocycles. The maximum Gasteiger partial charge on any atom is 0.221 e. The maximum absolute atomic E-state index is 12.1. The number of amides is 1. The molecule has 0 aliphatic carbocycles. The number of aromatic amines is 1. The number of fused-ring (bicyclic) bond motifs is 1. The van der Waals surface area contributed by atoms with E-state index in [9.17, 15) is 25.2 Å². The minimum atomic E-state index is -1.51. The highest BCUT2D eigenvalue weighted by Crippen LogP contribution is 2.25. The highest BCUT2D eigenvalue weighted by molar-refractivity contribution is 5.83. The van der Waals surface area contributed by atoms with Crippen molar-refractivity contribution in [3.8, 4) is 0 Å². The third-order valence-corrected chi connectivity index (χ3v) is 4.88. The van der Waals surface area contributed by atoms with Crippen LogP contribution in [0.1, 0.15) is 12.5 Å². The highest BCUT2D eigenvalue weighted by Gasteiger charge is 2.46. The van der Waals surface area contributed by atoms with E-state index in [1.807, 2.05) is 30.5 Å². The molecule has 1 fully saturated rings. The monoisotopic (exact) mass is 364 g/mol. The SMILES string of the molecule is CC(=O)N(CCc1c[nH]c2ccccc12)[C@H]1O[C@@H](CO)[C@@H](O)[C@@H](O)[C@@H]1O. The van der Waals surface area contributed by atoms with Gasteiger partial charge in [-0.15, -0.1) is 0 Å². The molecule has 0 spiro atoms. The summed E-state index contributed by atoms with van der Waals surface area (Å²) in [7, 11) is 0. The Balaban J connectivity index is 1.77. The standard InChI is InChI=1S/C18H24N2O6/c1-10(22)20(18-17(25)16(24)15(23)14(9-21)26-18)7-6-11-8-19-13-5-3-2-4-12(11)13/h2-5,8,14-19,21,23-25H,6-7,9H2,1H3/t14-,15+,16+,17-,18-/m0/s1. The van der Waals surface area contributed by atoms with Gasteiger partial charge < -0.3 is 35.0 Å². The summed E-state index contributed by atoms with van der Waals surface area (Å²) in [5.41, 5.74) is 2.00. The lowest BCUT2D eigenvalue weighted by Gasteiger charge is -2.44. The lowest BCUT2D eigenvalue weighted by Crippen LogP contribution is -2.64. The fourth-order valence-corrected chi connectivity index (χ4v) is 3.38. The molecule has 1 aromatic heterocycles. The van der Waals surface area contributed by atoms with Crippen molar-refractivity contribution in [3.63, 3.8) is 0 Å². The number of nitrogens with zero attached hydrogens (tertiary/aromatic N) is 1. The molecule has 26 heavy (non-hydrogen) atoms. The molecule has 0 unspecified atom stereocenters. The smallest absolute Gasteiger partial charge is 0.221 e. The zero-order chi connectivity index (χ0) is 18.8. The molecular weight excluding hydrogens is 340 g/mol. The average molecular weight is 364 g/mol. The summed E-state index contributed by atoms with van der Waals surface area (Å²) in [5.74, 6) is -0.339. The third kappa shape index (κ3) is 3.46. The Morgan fingerprint density at radius 3 is 2.62 bits per heavy atom. The molecule has 1 aromatic carbocycles. The number of para-hydroxylation sites is 1. The van der Waals surface area contributed by atoms with Crippen molar-refractivity contribution in [2.45, 2.75) is 44.0 Å². The van der Waals surface area contributed by atoms with E-state index >= 15 is 0 Å². The Hall–Kier alpha value is -1.97. The van der Waals surface area contributed by atoms with Crippen LogP contribution in [-0.2, 0) is 16.0 Å². The van der Waals surface area contributed by atoms with Crippen molar-refractivity contribution >= 4 is 16.8 Å². The molecule has 5 atom stereocenters. The number of carbonyl (C=O) groups excluding carboxylic acids is 1. The number of ether oxygens (including phenoxy) is 1. The Morgan fingerprint density at radius 2 is 1.92 bits per heavy atom. The average Bonchev–Trinajstić information content (AvgIpc) is 3.04. The van der Waals surface area contributed by atoms with Gasteiger partial charge in [0.1, 0.15) is 24.4 Å². The molecule has 2 aromatic rings. The number of hydrogen-bond acceptors (Lipinski definition) is 6. The predicted octanol–water partition coefficient (Wildman–Crippen LogP) is -0.641. The van der Waals surface area contributed by atoms with Crippen molar-refractivity contribution in [1.29, 1.82) is 0 Å². The molecule has 8 heteroatoms. The van der Waals surface area contributed by atoms with E-state index in [0.717, 1.165) is 16.5 Å². The second-order valence-corrected chi connectivity index (χ2v) is 6.54. The molecule has 142 valence electrons. The largest absolute Gasteiger partial charge is 0.394 e. The molecule has 0 bridgehead atoms. The van der Waals surface area contributed by atoms with Crippen LogP contribution in [0.5, 0.6) is 0 Å². The van der Waals surface area contributed by atoms with E-state index in [0.29, 0.717) is 6.42 Å². The van der Waals surface area contributed by atoms with E-state index in [1.54, 1.807) is 0 Å². The van der Waals surface area contributed by atoms with Gasteiger partial charge in [0, 0.05) is 30.6 Å². The number of hydrogen-bond donors (Lipinski definition) is 5. The number of carbonyl (C=O) groups is 1. The summed E-state index contributed by atoms with van der Waals surface area (Å²) in [6.07, 6.45) is -4.25. The zero-order valence-corrected chi connectivity index (χ0v) is 14.4. The number of rotatable bonds is 5. The van der Waals surface area contributed by atoms with Crippen LogP contribution in [0.15, 0.2) is 30.5 Å². The normalized spacial score (nSPS) is 29.0. The van der Waals surface area contributed by atoms with E-state index in [-0.39, 0.29) is 12.5 Å². The Morgan fingerprint density at radius 1 is 1.19 bits per heavy atom. The lowest BCUT2D eigenvalue weighted by molar-refractivity contribution is -0.261. The van der Waals surface area contributed by atoms with Gasteiger partial charge >= 0.3 is 0 Å². The molecule has 1 aliphatic heterocycles. The van der Waals surface area contributed by atoms with Gasteiger partial charge in [-0.05, 0) is 18.1 Å². The van der Waals surface area contributed by atoms with E-state index in [4.69, 9.17) is 4.74 Å². The van der Waals surface area contributed by atoms with Gasteiger partial charge in [0.25, 0.3) is 0 Å². The van der Waals surface area contributed by atoms with Crippen molar-refractivity contribution in [3.05, 3.63) is 36.0 Å². The van der Waals surface area contributed by atoms with Crippen LogP contribution in [-0.4, -0.2) is 80.0 Å². The summed E-state index contributed by atoms with van der Waals surface area (Å²) in [5, 5.41) is 40.5. The fraction of sp³-hybridized carbons (Fsp3) is 0.500.